The average molecular weight is 330 g/mol. The summed E-state index contributed by atoms with van der Waals surface area (Å²) in [6.45, 7) is 4.77. The van der Waals surface area contributed by atoms with Crippen molar-refractivity contribution in [1.29, 1.82) is 0 Å². The zero-order valence-corrected chi connectivity index (χ0v) is 13.9. The Kier molecular flexibility index (Phi) is 4.58. The highest BCUT2D eigenvalue weighted by molar-refractivity contribution is 6.34. The van der Waals surface area contributed by atoms with Gasteiger partial charge in [-0.3, -0.25) is 14.2 Å². The molecular weight excluding hydrogens is 313 g/mol. The fourth-order valence-corrected chi connectivity index (χ4v) is 2.50. The van der Waals surface area contributed by atoms with E-state index in [1.807, 2.05) is 6.92 Å². The lowest BCUT2D eigenvalue weighted by Gasteiger charge is -2.16. The molecule has 0 saturated heterocycles. The number of hydrogen-bond donors (Lipinski definition) is 0. The molecule has 0 unspecified atom stereocenters. The van der Waals surface area contributed by atoms with Crippen molar-refractivity contribution in [2.45, 2.75) is 26.9 Å². The Labute approximate surface area is 133 Å². The third-order valence-corrected chi connectivity index (χ3v) is 3.96. The summed E-state index contributed by atoms with van der Waals surface area (Å²) in [5, 5.41) is 9.40. The zero-order chi connectivity index (χ0) is 15.7. The highest BCUT2D eigenvalue weighted by Gasteiger charge is 2.23. The molecule has 0 aliphatic carbocycles. The van der Waals surface area contributed by atoms with Gasteiger partial charge < -0.3 is 4.90 Å². The second-order valence-electron chi connectivity index (χ2n) is 4.81. The molecule has 0 atom stereocenters. The van der Waals surface area contributed by atoms with E-state index < -0.39 is 0 Å². The van der Waals surface area contributed by atoms with Crippen LogP contribution in [-0.4, -0.2) is 37.4 Å². The monoisotopic (exact) mass is 329 g/mol. The fourth-order valence-electron chi connectivity index (χ4n) is 2.05. The number of carbonyl (C=O) groups excluding carboxylic acids is 1. The van der Waals surface area contributed by atoms with Gasteiger partial charge in [-0.1, -0.05) is 23.2 Å². The van der Waals surface area contributed by atoms with Gasteiger partial charge in [-0.2, -0.15) is 10.2 Å². The van der Waals surface area contributed by atoms with E-state index >= 15 is 0 Å². The first-order chi connectivity index (χ1) is 9.85. The lowest BCUT2D eigenvalue weighted by Crippen LogP contribution is -2.28. The summed E-state index contributed by atoms with van der Waals surface area (Å²) in [4.78, 5) is 14.0. The number of nitrogens with zero attached hydrogens (tertiary/aromatic N) is 5. The minimum absolute atomic E-state index is 0.217. The smallest absolute Gasteiger partial charge is 0.273 e. The molecule has 0 aromatic carbocycles. The van der Waals surface area contributed by atoms with Crippen molar-refractivity contribution in [2.75, 3.05) is 7.05 Å². The van der Waals surface area contributed by atoms with Crippen LogP contribution < -0.4 is 0 Å². The van der Waals surface area contributed by atoms with Gasteiger partial charge in [0.1, 0.15) is 11.4 Å². The first-order valence-electron chi connectivity index (χ1n) is 6.51. The molecular formula is C13H17Cl2N5O. The number of amides is 1. The molecule has 2 aromatic heterocycles. The molecule has 0 bridgehead atoms. The van der Waals surface area contributed by atoms with E-state index in [1.54, 1.807) is 31.9 Å². The molecule has 0 spiro atoms. The Hall–Kier alpha value is -1.53. The van der Waals surface area contributed by atoms with Crippen molar-refractivity contribution in [1.82, 2.24) is 24.5 Å². The van der Waals surface area contributed by atoms with Crippen molar-refractivity contribution in [2.24, 2.45) is 7.05 Å². The van der Waals surface area contributed by atoms with Crippen LogP contribution in [0.5, 0.6) is 0 Å². The van der Waals surface area contributed by atoms with Crippen LogP contribution in [0, 0.1) is 6.92 Å². The first kappa shape index (κ1) is 15.9. The van der Waals surface area contributed by atoms with Crippen molar-refractivity contribution < 1.29 is 4.79 Å². The Bertz CT molecular complexity index is 676. The maximum Gasteiger partial charge on any atom is 0.273 e. The third-order valence-electron chi connectivity index (χ3n) is 3.20. The molecule has 6 nitrogen and oxygen atoms in total. The summed E-state index contributed by atoms with van der Waals surface area (Å²) >= 11 is 12.3. The topological polar surface area (TPSA) is 56.0 Å². The molecule has 2 rings (SSSR count). The van der Waals surface area contributed by atoms with Crippen LogP contribution >= 0.6 is 23.2 Å². The second-order valence-corrected chi connectivity index (χ2v) is 5.60. The van der Waals surface area contributed by atoms with Gasteiger partial charge in [-0.25, -0.2) is 0 Å². The summed E-state index contributed by atoms with van der Waals surface area (Å²) < 4.78 is 3.22. The van der Waals surface area contributed by atoms with E-state index in [0.29, 0.717) is 33.7 Å². The van der Waals surface area contributed by atoms with Crippen LogP contribution in [-0.2, 0) is 20.1 Å². The molecule has 0 saturated carbocycles. The minimum Gasteiger partial charge on any atom is -0.334 e. The van der Waals surface area contributed by atoms with Gasteiger partial charge >= 0.3 is 0 Å². The van der Waals surface area contributed by atoms with Gasteiger partial charge in [0, 0.05) is 26.8 Å². The average Bonchev–Trinajstić information content (AvgIpc) is 2.90. The molecule has 0 aliphatic rings. The predicted octanol–water partition coefficient (Wildman–Crippen LogP) is 2.52. The zero-order valence-electron chi connectivity index (χ0n) is 12.4. The molecule has 0 radical (unpaired) electrons. The summed E-state index contributed by atoms with van der Waals surface area (Å²) in [5.41, 5.74) is 1.65. The van der Waals surface area contributed by atoms with Crippen molar-refractivity contribution >= 4 is 29.1 Å². The molecule has 21 heavy (non-hydrogen) atoms. The summed E-state index contributed by atoms with van der Waals surface area (Å²) in [7, 11) is 3.38. The summed E-state index contributed by atoms with van der Waals surface area (Å²) in [6, 6.07) is 0. The maximum atomic E-state index is 12.5. The molecule has 2 aromatic rings. The molecule has 1 amide bonds. The van der Waals surface area contributed by atoms with Crippen LogP contribution in [0.15, 0.2) is 6.20 Å². The number of halogens is 2. The second kappa shape index (κ2) is 6.07. The Balaban J connectivity index is 2.21. The minimum atomic E-state index is -0.217. The largest absolute Gasteiger partial charge is 0.334 e. The number of aryl methyl sites for hydroxylation is 3. The Morgan fingerprint density at radius 2 is 2.05 bits per heavy atom. The number of hydrogen-bond acceptors (Lipinski definition) is 3. The number of aromatic nitrogens is 4. The lowest BCUT2D eigenvalue weighted by atomic mass is 10.3. The quantitative estimate of drug-likeness (QED) is 0.866. The van der Waals surface area contributed by atoms with Crippen LogP contribution in [0.4, 0.5) is 0 Å². The van der Waals surface area contributed by atoms with Gasteiger partial charge in [-0.05, 0) is 13.8 Å². The Morgan fingerprint density at radius 3 is 2.52 bits per heavy atom. The lowest BCUT2D eigenvalue weighted by molar-refractivity contribution is 0.0772. The molecule has 0 N–H and O–H groups in total. The highest BCUT2D eigenvalue weighted by Crippen LogP contribution is 2.22. The van der Waals surface area contributed by atoms with Crippen LogP contribution in [0.3, 0.4) is 0 Å². The van der Waals surface area contributed by atoms with Crippen molar-refractivity contribution in [3.8, 4) is 0 Å². The van der Waals surface area contributed by atoms with Crippen molar-refractivity contribution in [3.63, 3.8) is 0 Å². The van der Waals surface area contributed by atoms with Crippen molar-refractivity contribution in [3.05, 3.63) is 33.3 Å². The van der Waals surface area contributed by atoms with E-state index in [0.717, 1.165) is 6.54 Å². The summed E-state index contributed by atoms with van der Waals surface area (Å²) in [6.07, 6.45) is 1.75. The first-order valence-corrected chi connectivity index (χ1v) is 7.27. The molecule has 0 fully saturated rings. The molecule has 8 heteroatoms. The Morgan fingerprint density at radius 1 is 1.38 bits per heavy atom. The predicted molar refractivity (Wildman–Crippen MR) is 81.7 cm³/mol. The van der Waals surface area contributed by atoms with Gasteiger partial charge in [0.25, 0.3) is 5.91 Å². The molecule has 114 valence electrons. The fraction of sp³-hybridized carbons (Fsp3) is 0.462. The van der Waals surface area contributed by atoms with Crippen LogP contribution in [0.25, 0.3) is 0 Å². The summed E-state index contributed by atoms with van der Waals surface area (Å²) in [5.74, 6) is -0.217. The van der Waals surface area contributed by atoms with E-state index in [1.165, 1.54) is 9.58 Å². The normalized spacial score (nSPS) is 11.0. The van der Waals surface area contributed by atoms with Gasteiger partial charge in [0.05, 0.1) is 22.3 Å². The highest BCUT2D eigenvalue weighted by atomic mass is 35.5. The van der Waals surface area contributed by atoms with E-state index in [-0.39, 0.29) is 5.91 Å². The number of carbonyl (C=O) groups is 1. The van der Waals surface area contributed by atoms with Gasteiger partial charge in [0.2, 0.25) is 0 Å². The van der Waals surface area contributed by atoms with Crippen LogP contribution in [0.1, 0.15) is 28.8 Å². The molecule has 0 aliphatic heterocycles. The SMILES string of the molecule is CCn1cc(Cl)c(CN(C)C(=O)c2c(Cl)c(C)nn2C)n1. The van der Waals surface area contributed by atoms with E-state index in [9.17, 15) is 4.79 Å². The van der Waals surface area contributed by atoms with E-state index in [2.05, 4.69) is 10.2 Å². The maximum absolute atomic E-state index is 12.5. The third kappa shape index (κ3) is 3.06. The van der Waals surface area contributed by atoms with Gasteiger partial charge in [0.15, 0.2) is 0 Å². The standard InChI is InChI=1S/C13H17Cl2N5O/c1-5-20-6-9(14)10(17-20)7-18(3)13(21)12-11(15)8(2)16-19(12)4/h6H,5,7H2,1-4H3. The van der Waals surface area contributed by atoms with E-state index in [4.69, 9.17) is 23.2 Å². The van der Waals surface area contributed by atoms with Gasteiger partial charge in [-0.15, -0.1) is 0 Å². The van der Waals surface area contributed by atoms with Crippen LogP contribution in [0.2, 0.25) is 10.0 Å². The molecule has 2 heterocycles. The number of rotatable bonds is 4.